The molecule has 0 aliphatic carbocycles. The van der Waals surface area contributed by atoms with Crippen molar-refractivity contribution in [1.82, 2.24) is 0 Å². The van der Waals surface area contributed by atoms with Crippen LogP contribution in [0.1, 0.15) is 26.7 Å². The third-order valence-electron chi connectivity index (χ3n) is 2.31. The van der Waals surface area contributed by atoms with Crippen molar-refractivity contribution in [2.45, 2.75) is 31.9 Å². The topological polar surface area (TPSA) is 69.4 Å². The van der Waals surface area contributed by atoms with Crippen LogP contribution in [-0.4, -0.2) is 27.4 Å². The molecule has 0 aromatic heterocycles. The van der Waals surface area contributed by atoms with E-state index < -0.39 is 15.3 Å². The molecule has 0 fully saturated rings. The highest BCUT2D eigenvalue weighted by atomic mass is 32.2. The molecule has 0 heterocycles. The molecule has 0 radical (unpaired) electrons. The average Bonchev–Trinajstić information content (AvgIpc) is 2.02. The van der Waals surface area contributed by atoms with Crippen molar-refractivity contribution >= 4 is 10.0 Å². The van der Waals surface area contributed by atoms with Crippen LogP contribution in [0.3, 0.4) is 0 Å². The van der Waals surface area contributed by atoms with Gasteiger partial charge in [0.05, 0.1) is 5.25 Å². The number of nitrogens with two attached hydrogens (primary N) is 1. The first-order valence-electron chi connectivity index (χ1n) is 4.44. The van der Waals surface area contributed by atoms with Crippen molar-refractivity contribution in [1.29, 1.82) is 0 Å². The lowest BCUT2D eigenvalue weighted by molar-refractivity contribution is 0.188. The zero-order valence-electron chi connectivity index (χ0n) is 8.49. The first-order valence-corrected chi connectivity index (χ1v) is 6.05. The third kappa shape index (κ3) is 4.59. The van der Waals surface area contributed by atoms with Crippen LogP contribution in [-0.2, 0) is 14.8 Å². The molecule has 0 aromatic carbocycles. The number of methoxy groups -OCH3 is 1. The zero-order valence-corrected chi connectivity index (χ0v) is 9.30. The maximum atomic E-state index is 11.2. The maximum absolute atomic E-state index is 11.2. The lowest BCUT2D eigenvalue weighted by Crippen LogP contribution is -2.34. The Balaban J connectivity index is 4.38. The quantitative estimate of drug-likeness (QED) is 0.701. The first-order chi connectivity index (χ1) is 5.93. The van der Waals surface area contributed by atoms with Crippen molar-refractivity contribution in [2.75, 3.05) is 13.7 Å². The maximum Gasteiger partial charge on any atom is 0.212 e. The summed E-state index contributed by atoms with van der Waals surface area (Å²) >= 11 is 0. The number of primary sulfonamides is 1. The SMILES string of the molecule is CC[C@H](C)[C@@H](CCOC)S(N)(=O)=O. The zero-order chi connectivity index (χ0) is 10.5. The van der Waals surface area contributed by atoms with Gasteiger partial charge in [-0.25, -0.2) is 13.6 Å². The van der Waals surface area contributed by atoms with Crippen LogP contribution in [0, 0.1) is 5.92 Å². The van der Waals surface area contributed by atoms with Crippen LogP contribution in [0.4, 0.5) is 0 Å². The molecule has 0 aliphatic rings. The number of sulfonamides is 1. The number of rotatable bonds is 6. The largest absolute Gasteiger partial charge is 0.385 e. The van der Waals surface area contributed by atoms with Gasteiger partial charge in [-0.1, -0.05) is 20.3 Å². The van der Waals surface area contributed by atoms with Crippen molar-refractivity contribution in [3.05, 3.63) is 0 Å². The summed E-state index contributed by atoms with van der Waals surface area (Å²) in [5, 5.41) is 4.64. The number of ether oxygens (including phenoxy) is 1. The summed E-state index contributed by atoms with van der Waals surface area (Å²) in [4.78, 5) is 0. The molecular weight excluding hydrogens is 190 g/mol. The fourth-order valence-electron chi connectivity index (χ4n) is 1.27. The first kappa shape index (κ1) is 12.9. The number of hydrogen-bond acceptors (Lipinski definition) is 3. The summed E-state index contributed by atoms with van der Waals surface area (Å²) < 4.78 is 27.2. The third-order valence-corrected chi connectivity index (χ3v) is 3.85. The Hall–Kier alpha value is -0.130. The monoisotopic (exact) mass is 209 g/mol. The Morgan fingerprint density at radius 1 is 1.46 bits per heavy atom. The molecule has 0 unspecified atom stereocenters. The van der Waals surface area contributed by atoms with E-state index in [0.29, 0.717) is 13.0 Å². The molecule has 13 heavy (non-hydrogen) atoms. The summed E-state index contributed by atoms with van der Waals surface area (Å²) in [6.07, 6.45) is 1.29. The van der Waals surface area contributed by atoms with Crippen molar-refractivity contribution in [3.8, 4) is 0 Å². The second kappa shape index (κ2) is 5.57. The van der Waals surface area contributed by atoms with E-state index in [1.807, 2.05) is 13.8 Å². The summed E-state index contributed by atoms with van der Waals surface area (Å²) in [5.41, 5.74) is 0. The molecular formula is C8H19NO3S. The van der Waals surface area contributed by atoms with E-state index in [4.69, 9.17) is 9.88 Å². The Labute approximate surface area is 80.5 Å². The highest BCUT2D eigenvalue weighted by Crippen LogP contribution is 2.17. The minimum Gasteiger partial charge on any atom is -0.385 e. The van der Waals surface area contributed by atoms with E-state index >= 15 is 0 Å². The van der Waals surface area contributed by atoms with Crippen LogP contribution in [0.5, 0.6) is 0 Å². The fourth-order valence-corrected chi connectivity index (χ4v) is 2.53. The Morgan fingerprint density at radius 2 is 2.00 bits per heavy atom. The van der Waals surface area contributed by atoms with E-state index in [1.54, 1.807) is 7.11 Å². The van der Waals surface area contributed by atoms with Crippen LogP contribution < -0.4 is 5.14 Å². The summed E-state index contributed by atoms with van der Waals surface area (Å²) in [5.74, 6) is 0.0881. The summed E-state index contributed by atoms with van der Waals surface area (Å²) in [6.45, 7) is 4.28. The number of hydrogen-bond donors (Lipinski definition) is 1. The molecule has 0 saturated heterocycles. The van der Waals surface area contributed by atoms with Crippen LogP contribution in [0.15, 0.2) is 0 Å². The van der Waals surface area contributed by atoms with Gasteiger partial charge in [0, 0.05) is 13.7 Å². The molecule has 0 aromatic rings. The molecule has 0 saturated carbocycles. The predicted octanol–water partition coefficient (Wildman–Crippen LogP) is 0.726. The highest BCUT2D eigenvalue weighted by molar-refractivity contribution is 7.89. The van der Waals surface area contributed by atoms with E-state index in [-0.39, 0.29) is 5.92 Å². The van der Waals surface area contributed by atoms with Gasteiger partial charge in [0.2, 0.25) is 10.0 Å². The molecule has 4 nitrogen and oxygen atoms in total. The fraction of sp³-hybridized carbons (Fsp3) is 1.00. The van der Waals surface area contributed by atoms with Crippen molar-refractivity contribution in [2.24, 2.45) is 11.1 Å². The minimum absolute atomic E-state index is 0.0881. The Bertz CT molecular complexity index is 226. The van der Waals surface area contributed by atoms with Gasteiger partial charge in [0.15, 0.2) is 0 Å². The van der Waals surface area contributed by atoms with Crippen LogP contribution >= 0.6 is 0 Å². The highest BCUT2D eigenvalue weighted by Gasteiger charge is 2.26. The summed E-state index contributed by atoms with van der Waals surface area (Å²) in [7, 11) is -1.88. The van der Waals surface area contributed by atoms with Gasteiger partial charge < -0.3 is 4.74 Å². The second-order valence-corrected chi connectivity index (χ2v) is 5.08. The molecule has 0 spiro atoms. The van der Waals surface area contributed by atoms with Gasteiger partial charge in [-0.05, 0) is 12.3 Å². The average molecular weight is 209 g/mol. The predicted molar refractivity (Wildman–Crippen MR) is 52.8 cm³/mol. The summed E-state index contributed by atoms with van der Waals surface area (Å²) in [6, 6.07) is 0. The molecule has 80 valence electrons. The van der Waals surface area contributed by atoms with Crippen LogP contribution in [0.25, 0.3) is 0 Å². The molecule has 0 amide bonds. The van der Waals surface area contributed by atoms with E-state index in [9.17, 15) is 8.42 Å². The van der Waals surface area contributed by atoms with Gasteiger partial charge in [-0.15, -0.1) is 0 Å². The van der Waals surface area contributed by atoms with Gasteiger partial charge in [-0.3, -0.25) is 0 Å². The molecule has 2 N–H and O–H groups in total. The molecule has 0 rings (SSSR count). The van der Waals surface area contributed by atoms with Crippen molar-refractivity contribution in [3.63, 3.8) is 0 Å². The molecule has 2 atom stereocenters. The van der Waals surface area contributed by atoms with Crippen molar-refractivity contribution < 1.29 is 13.2 Å². The van der Waals surface area contributed by atoms with Gasteiger partial charge in [0.1, 0.15) is 0 Å². The normalized spacial score (nSPS) is 16.9. The van der Waals surface area contributed by atoms with E-state index in [0.717, 1.165) is 6.42 Å². The van der Waals surface area contributed by atoms with Gasteiger partial charge in [-0.2, -0.15) is 0 Å². The Kier molecular flexibility index (Phi) is 5.51. The molecule has 5 heteroatoms. The molecule has 0 bridgehead atoms. The Morgan fingerprint density at radius 3 is 2.31 bits per heavy atom. The van der Waals surface area contributed by atoms with Crippen LogP contribution in [0.2, 0.25) is 0 Å². The smallest absolute Gasteiger partial charge is 0.212 e. The minimum atomic E-state index is -3.43. The standard InChI is InChI=1S/C8H19NO3S/c1-4-7(2)8(5-6-12-3)13(9,10)11/h7-8H,4-6H2,1-3H3,(H2,9,10,11)/t7-,8+/m0/s1. The van der Waals surface area contributed by atoms with Gasteiger partial charge >= 0.3 is 0 Å². The lowest BCUT2D eigenvalue weighted by Gasteiger charge is -2.20. The molecule has 0 aliphatic heterocycles. The van der Waals surface area contributed by atoms with E-state index in [1.165, 1.54) is 0 Å². The van der Waals surface area contributed by atoms with Gasteiger partial charge in [0.25, 0.3) is 0 Å². The second-order valence-electron chi connectivity index (χ2n) is 3.29. The van der Waals surface area contributed by atoms with E-state index in [2.05, 4.69) is 0 Å². The lowest BCUT2D eigenvalue weighted by atomic mass is 10.0.